The van der Waals surface area contributed by atoms with Crippen molar-refractivity contribution in [2.75, 3.05) is 12.0 Å². The second-order valence-corrected chi connectivity index (χ2v) is 8.32. The topological polar surface area (TPSA) is 88.9 Å². The summed E-state index contributed by atoms with van der Waals surface area (Å²) in [4.78, 5) is 29.6. The maximum atomic E-state index is 13.0. The molecule has 7 nitrogen and oxygen atoms in total. The van der Waals surface area contributed by atoms with E-state index in [0.717, 1.165) is 22.6 Å². The van der Waals surface area contributed by atoms with Crippen LogP contribution in [0, 0.1) is 6.92 Å². The minimum absolute atomic E-state index is 0.192. The van der Waals surface area contributed by atoms with Gasteiger partial charge in [0.1, 0.15) is 18.7 Å². The number of amides is 2. The molecular weight excluding hydrogens is 410 g/mol. The number of carbonyl (C=O) groups excluding carboxylic acids is 2. The van der Waals surface area contributed by atoms with Gasteiger partial charge >= 0.3 is 0 Å². The molecule has 0 radical (unpaired) electrons. The van der Waals surface area contributed by atoms with Crippen molar-refractivity contribution in [1.82, 2.24) is 25.4 Å². The molecule has 0 bridgehead atoms. The molecule has 2 amide bonds. The number of nitrogens with one attached hydrogen (secondary N) is 2. The van der Waals surface area contributed by atoms with Gasteiger partial charge in [-0.15, -0.1) is 0 Å². The number of rotatable bonds is 9. The van der Waals surface area contributed by atoms with Crippen molar-refractivity contribution in [1.29, 1.82) is 0 Å². The average Bonchev–Trinajstić information content (AvgIpc) is 3.31. The third-order valence-corrected chi connectivity index (χ3v) is 5.59. The lowest BCUT2D eigenvalue weighted by atomic mass is 10.1. The number of aryl methyl sites for hydroxylation is 1. The molecule has 0 spiro atoms. The van der Waals surface area contributed by atoms with Gasteiger partial charge in [-0.2, -0.15) is 16.9 Å². The third-order valence-electron chi connectivity index (χ3n) is 4.95. The van der Waals surface area contributed by atoms with Crippen LogP contribution >= 0.6 is 11.8 Å². The van der Waals surface area contributed by atoms with E-state index in [1.807, 2.05) is 62.6 Å². The van der Waals surface area contributed by atoms with Crippen molar-refractivity contribution in [3.8, 4) is 5.69 Å². The number of hydrogen-bond acceptors (Lipinski definition) is 5. The van der Waals surface area contributed by atoms with Gasteiger partial charge in [0.15, 0.2) is 0 Å². The quantitative estimate of drug-likeness (QED) is 0.536. The van der Waals surface area contributed by atoms with Crippen molar-refractivity contribution in [3.05, 3.63) is 77.9 Å². The molecule has 162 valence electrons. The van der Waals surface area contributed by atoms with Crippen LogP contribution in [0.4, 0.5) is 0 Å². The van der Waals surface area contributed by atoms with Gasteiger partial charge in [0, 0.05) is 5.56 Å². The molecule has 0 fully saturated rings. The Balaban J connectivity index is 1.65. The molecular formula is C23H27N5O2S. The zero-order valence-electron chi connectivity index (χ0n) is 17.9. The molecule has 2 N–H and O–H groups in total. The van der Waals surface area contributed by atoms with Crippen LogP contribution < -0.4 is 10.6 Å². The summed E-state index contributed by atoms with van der Waals surface area (Å²) >= 11 is 1.64. The SMILES string of the molecule is CSCCC(NC(=O)c1cccc(C)c1)C(=O)NC(C)c1ccc(-n2cncn2)cc1. The fraction of sp³-hybridized carbons (Fsp3) is 0.304. The molecule has 31 heavy (non-hydrogen) atoms. The average molecular weight is 438 g/mol. The van der Waals surface area contributed by atoms with Crippen LogP contribution in [0.1, 0.15) is 40.9 Å². The minimum Gasteiger partial charge on any atom is -0.348 e. The Hall–Kier alpha value is -3.13. The molecule has 0 aliphatic rings. The summed E-state index contributed by atoms with van der Waals surface area (Å²) in [6.45, 7) is 3.86. The van der Waals surface area contributed by atoms with Crippen LogP contribution in [0.25, 0.3) is 5.69 Å². The van der Waals surface area contributed by atoms with Gasteiger partial charge in [-0.3, -0.25) is 9.59 Å². The summed E-state index contributed by atoms with van der Waals surface area (Å²) < 4.78 is 1.67. The van der Waals surface area contributed by atoms with Crippen molar-refractivity contribution in [2.24, 2.45) is 0 Å². The molecule has 1 aromatic heterocycles. The lowest BCUT2D eigenvalue weighted by molar-refractivity contribution is -0.123. The number of carbonyl (C=O) groups is 2. The maximum Gasteiger partial charge on any atom is 0.251 e. The van der Waals surface area contributed by atoms with E-state index < -0.39 is 6.04 Å². The molecule has 1 heterocycles. The van der Waals surface area contributed by atoms with E-state index in [4.69, 9.17) is 0 Å². The normalized spacial score (nSPS) is 12.7. The highest BCUT2D eigenvalue weighted by molar-refractivity contribution is 7.98. The highest BCUT2D eigenvalue weighted by atomic mass is 32.2. The summed E-state index contributed by atoms with van der Waals surface area (Å²) in [5.41, 5.74) is 3.41. The lowest BCUT2D eigenvalue weighted by Crippen LogP contribution is -2.47. The second-order valence-electron chi connectivity index (χ2n) is 7.34. The number of hydrogen-bond donors (Lipinski definition) is 2. The van der Waals surface area contributed by atoms with Crippen molar-refractivity contribution >= 4 is 23.6 Å². The maximum absolute atomic E-state index is 13.0. The van der Waals surface area contributed by atoms with E-state index in [0.29, 0.717) is 12.0 Å². The summed E-state index contributed by atoms with van der Waals surface area (Å²) in [5.74, 6) is 0.338. The van der Waals surface area contributed by atoms with Gasteiger partial charge in [-0.1, -0.05) is 29.8 Å². The second kappa shape index (κ2) is 10.8. The van der Waals surface area contributed by atoms with E-state index in [2.05, 4.69) is 20.7 Å². The molecule has 2 aromatic carbocycles. The predicted octanol–water partition coefficient (Wildman–Crippen LogP) is 3.30. The zero-order valence-corrected chi connectivity index (χ0v) is 18.7. The van der Waals surface area contributed by atoms with Crippen LogP contribution in [-0.4, -0.2) is 44.6 Å². The first kappa shape index (κ1) is 22.6. The van der Waals surface area contributed by atoms with Gasteiger partial charge in [-0.25, -0.2) is 9.67 Å². The number of aromatic nitrogens is 3. The molecule has 3 rings (SSSR count). The standard InChI is InChI=1S/C23H27N5O2S/c1-16-5-4-6-19(13-16)22(29)27-21(11-12-31-3)23(30)26-17(2)18-7-9-20(10-8-18)28-15-24-14-25-28/h4-10,13-15,17,21H,11-12H2,1-3H3,(H,26,30)(H,27,29). The van der Waals surface area contributed by atoms with Crippen molar-refractivity contribution in [2.45, 2.75) is 32.4 Å². The lowest BCUT2D eigenvalue weighted by Gasteiger charge is -2.22. The third kappa shape index (κ3) is 6.18. The van der Waals surface area contributed by atoms with Crippen LogP contribution in [0.2, 0.25) is 0 Å². The Kier molecular flexibility index (Phi) is 7.83. The molecule has 0 saturated heterocycles. The number of nitrogens with zero attached hydrogens (tertiary/aromatic N) is 3. The van der Waals surface area contributed by atoms with Gasteiger partial charge < -0.3 is 10.6 Å². The van der Waals surface area contributed by atoms with Gasteiger partial charge in [0.2, 0.25) is 5.91 Å². The first-order valence-corrected chi connectivity index (χ1v) is 11.5. The van der Waals surface area contributed by atoms with Gasteiger partial charge in [-0.05, 0) is 62.1 Å². The first-order valence-electron chi connectivity index (χ1n) is 10.1. The molecule has 2 unspecified atom stereocenters. The number of thioether (sulfide) groups is 1. The Labute approximate surface area is 186 Å². The number of benzene rings is 2. The van der Waals surface area contributed by atoms with Crippen LogP contribution in [0.15, 0.2) is 61.2 Å². The molecule has 3 aromatic rings. The predicted molar refractivity (Wildman–Crippen MR) is 123 cm³/mol. The highest BCUT2D eigenvalue weighted by Gasteiger charge is 2.23. The van der Waals surface area contributed by atoms with Crippen molar-refractivity contribution in [3.63, 3.8) is 0 Å². The largest absolute Gasteiger partial charge is 0.348 e. The van der Waals surface area contributed by atoms with Crippen molar-refractivity contribution < 1.29 is 9.59 Å². The highest BCUT2D eigenvalue weighted by Crippen LogP contribution is 2.16. The van der Waals surface area contributed by atoms with Gasteiger partial charge in [0.05, 0.1) is 11.7 Å². The fourth-order valence-electron chi connectivity index (χ4n) is 3.19. The molecule has 8 heteroatoms. The summed E-state index contributed by atoms with van der Waals surface area (Å²) in [5, 5.41) is 10.0. The van der Waals surface area contributed by atoms with E-state index in [1.54, 1.807) is 28.8 Å². The Morgan fingerprint density at radius 2 is 1.90 bits per heavy atom. The van der Waals surface area contributed by atoms with Crippen LogP contribution in [-0.2, 0) is 4.79 Å². The Morgan fingerprint density at radius 3 is 2.55 bits per heavy atom. The zero-order chi connectivity index (χ0) is 22.2. The van der Waals surface area contributed by atoms with Crippen LogP contribution in [0.5, 0.6) is 0 Å². The monoisotopic (exact) mass is 437 g/mol. The molecule has 0 saturated carbocycles. The van der Waals surface area contributed by atoms with E-state index in [-0.39, 0.29) is 17.9 Å². The van der Waals surface area contributed by atoms with Crippen LogP contribution in [0.3, 0.4) is 0 Å². The summed E-state index contributed by atoms with van der Waals surface area (Å²) in [6, 6.07) is 14.3. The summed E-state index contributed by atoms with van der Waals surface area (Å²) in [6.07, 6.45) is 5.66. The first-order chi connectivity index (χ1) is 15.0. The smallest absolute Gasteiger partial charge is 0.251 e. The Bertz CT molecular complexity index is 1010. The molecule has 2 atom stereocenters. The Morgan fingerprint density at radius 1 is 1.13 bits per heavy atom. The van der Waals surface area contributed by atoms with E-state index in [1.165, 1.54) is 6.33 Å². The van der Waals surface area contributed by atoms with E-state index >= 15 is 0 Å². The fourth-order valence-corrected chi connectivity index (χ4v) is 3.66. The van der Waals surface area contributed by atoms with E-state index in [9.17, 15) is 9.59 Å². The van der Waals surface area contributed by atoms with Gasteiger partial charge in [0.25, 0.3) is 5.91 Å². The molecule has 0 aliphatic carbocycles. The minimum atomic E-state index is -0.600. The summed E-state index contributed by atoms with van der Waals surface area (Å²) in [7, 11) is 0. The molecule has 0 aliphatic heterocycles.